The first-order valence-electron chi connectivity index (χ1n) is 7.54. The highest BCUT2D eigenvalue weighted by Gasteiger charge is 2.13. The Morgan fingerprint density at radius 1 is 1.05 bits per heavy atom. The van der Waals surface area contributed by atoms with Gasteiger partial charge in [-0.15, -0.1) is 10.2 Å². The summed E-state index contributed by atoms with van der Waals surface area (Å²) in [7, 11) is 2.10. The Labute approximate surface area is 129 Å². The van der Waals surface area contributed by atoms with E-state index >= 15 is 0 Å². The van der Waals surface area contributed by atoms with Crippen LogP contribution in [-0.4, -0.2) is 19.2 Å². The molecule has 0 saturated carbocycles. The fourth-order valence-electron chi connectivity index (χ4n) is 3.06. The normalized spacial score (nSPS) is 11.8. The predicted molar refractivity (Wildman–Crippen MR) is 89.0 cm³/mol. The van der Waals surface area contributed by atoms with E-state index in [1.807, 2.05) is 28.8 Å². The van der Waals surface area contributed by atoms with Crippen LogP contribution in [0.25, 0.3) is 27.9 Å². The maximum Gasteiger partial charge on any atom is 0.168 e. The molecule has 4 aromatic rings. The average Bonchev–Trinajstić information content (AvgIpc) is 3.09. The van der Waals surface area contributed by atoms with Gasteiger partial charge < -0.3 is 4.57 Å². The van der Waals surface area contributed by atoms with Crippen LogP contribution in [-0.2, 0) is 7.05 Å². The molecular weight excluding hydrogens is 272 g/mol. The summed E-state index contributed by atoms with van der Waals surface area (Å²) in [6, 6.07) is 12.5. The van der Waals surface area contributed by atoms with Gasteiger partial charge in [-0.05, 0) is 41.8 Å². The van der Waals surface area contributed by atoms with Gasteiger partial charge in [-0.1, -0.05) is 19.9 Å². The number of nitrogens with zero attached hydrogens (tertiary/aromatic N) is 4. The number of aromatic nitrogens is 4. The van der Waals surface area contributed by atoms with E-state index in [0.717, 1.165) is 17.0 Å². The summed E-state index contributed by atoms with van der Waals surface area (Å²) in [4.78, 5) is 0. The minimum absolute atomic E-state index is 0.495. The van der Waals surface area contributed by atoms with Gasteiger partial charge in [0.15, 0.2) is 11.5 Å². The number of aryl methyl sites for hydroxylation is 1. The van der Waals surface area contributed by atoms with Gasteiger partial charge in [0.1, 0.15) is 0 Å². The van der Waals surface area contributed by atoms with Crippen LogP contribution in [0, 0.1) is 0 Å². The lowest BCUT2D eigenvalue weighted by molar-refractivity contribution is 0.857. The number of pyridine rings is 1. The van der Waals surface area contributed by atoms with Crippen LogP contribution in [0.5, 0.6) is 0 Å². The van der Waals surface area contributed by atoms with E-state index in [2.05, 4.69) is 60.1 Å². The lowest BCUT2D eigenvalue weighted by Gasteiger charge is -2.04. The van der Waals surface area contributed by atoms with Gasteiger partial charge in [0, 0.05) is 35.9 Å². The number of hydrogen-bond donors (Lipinski definition) is 0. The Morgan fingerprint density at radius 3 is 2.73 bits per heavy atom. The Morgan fingerprint density at radius 2 is 1.91 bits per heavy atom. The molecular formula is C18H18N4. The van der Waals surface area contributed by atoms with Crippen molar-refractivity contribution in [3.05, 3.63) is 54.4 Å². The van der Waals surface area contributed by atoms with Crippen molar-refractivity contribution >= 4 is 16.6 Å². The first-order valence-corrected chi connectivity index (χ1v) is 7.54. The summed E-state index contributed by atoms with van der Waals surface area (Å²) < 4.78 is 4.22. The molecule has 1 aromatic carbocycles. The van der Waals surface area contributed by atoms with Crippen molar-refractivity contribution < 1.29 is 0 Å². The summed E-state index contributed by atoms with van der Waals surface area (Å²) in [6.45, 7) is 4.46. The molecule has 0 spiro atoms. The highest BCUT2D eigenvalue weighted by atomic mass is 15.2. The molecule has 4 heteroatoms. The van der Waals surface area contributed by atoms with Crippen molar-refractivity contribution in [2.75, 3.05) is 0 Å². The molecule has 0 bridgehead atoms. The van der Waals surface area contributed by atoms with Crippen LogP contribution in [0.2, 0.25) is 0 Å². The van der Waals surface area contributed by atoms with E-state index in [1.54, 1.807) is 0 Å². The van der Waals surface area contributed by atoms with E-state index in [9.17, 15) is 0 Å². The predicted octanol–water partition coefficient (Wildman–Crippen LogP) is 4.01. The van der Waals surface area contributed by atoms with E-state index in [0.29, 0.717) is 5.92 Å². The Hall–Kier alpha value is -2.62. The lowest BCUT2D eigenvalue weighted by Crippen LogP contribution is -1.90. The zero-order valence-corrected chi connectivity index (χ0v) is 13.0. The zero-order chi connectivity index (χ0) is 15.3. The van der Waals surface area contributed by atoms with Crippen molar-refractivity contribution in [1.82, 2.24) is 19.2 Å². The van der Waals surface area contributed by atoms with Gasteiger partial charge >= 0.3 is 0 Å². The van der Waals surface area contributed by atoms with E-state index in [-0.39, 0.29) is 0 Å². The third kappa shape index (κ3) is 1.84. The molecule has 22 heavy (non-hydrogen) atoms. The van der Waals surface area contributed by atoms with Crippen LogP contribution in [0.4, 0.5) is 0 Å². The van der Waals surface area contributed by atoms with Crippen LogP contribution in [0.3, 0.4) is 0 Å². The van der Waals surface area contributed by atoms with Gasteiger partial charge in [0.2, 0.25) is 0 Å². The molecule has 0 aliphatic heterocycles. The van der Waals surface area contributed by atoms with Crippen molar-refractivity contribution in [1.29, 1.82) is 0 Å². The van der Waals surface area contributed by atoms with Crippen LogP contribution in [0.15, 0.2) is 48.8 Å². The minimum Gasteiger partial charge on any atom is -0.350 e. The quantitative estimate of drug-likeness (QED) is 0.559. The highest BCUT2D eigenvalue weighted by molar-refractivity contribution is 5.88. The molecule has 4 rings (SSSR count). The molecule has 3 heterocycles. The van der Waals surface area contributed by atoms with Gasteiger partial charge in [-0.3, -0.25) is 4.40 Å². The fraction of sp³-hybridized carbons (Fsp3) is 0.222. The SMILES string of the molecule is CC(C)c1cn(C)c2ccc(-c3nnc4ccccn34)cc12. The summed E-state index contributed by atoms with van der Waals surface area (Å²) in [5.41, 5.74) is 4.59. The minimum atomic E-state index is 0.495. The largest absolute Gasteiger partial charge is 0.350 e. The number of rotatable bonds is 2. The smallest absolute Gasteiger partial charge is 0.168 e. The molecule has 0 aliphatic carbocycles. The Balaban J connectivity index is 1.98. The van der Waals surface area contributed by atoms with Crippen LogP contribution >= 0.6 is 0 Å². The van der Waals surface area contributed by atoms with Gasteiger partial charge in [-0.25, -0.2) is 0 Å². The first-order chi connectivity index (χ1) is 10.6. The molecule has 0 radical (unpaired) electrons. The molecule has 0 fully saturated rings. The summed E-state index contributed by atoms with van der Waals surface area (Å²) >= 11 is 0. The van der Waals surface area contributed by atoms with Crippen molar-refractivity contribution in [3.63, 3.8) is 0 Å². The maximum absolute atomic E-state index is 4.36. The third-order valence-electron chi connectivity index (χ3n) is 4.21. The van der Waals surface area contributed by atoms with E-state index in [1.165, 1.54) is 16.5 Å². The van der Waals surface area contributed by atoms with Crippen molar-refractivity contribution in [3.8, 4) is 11.4 Å². The van der Waals surface area contributed by atoms with Crippen LogP contribution < -0.4 is 0 Å². The monoisotopic (exact) mass is 290 g/mol. The van der Waals surface area contributed by atoms with E-state index in [4.69, 9.17) is 0 Å². The number of hydrogen-bond acceptors (Lipinski definition) is 2. The molecule has 0 amide bonds. The summed E-state index contributed by atoms with van der Waals surface area (Å²) in [6.07, 6.45) is 4.23. The van der Waals surface area contributed by atoms with Gasteiger partial charge in [0.25, 0.3) is 0 Å². The zero-order valence-electron chi connectivity index (χ0n) is 13.0. The molecule has 0 aliphatic rings. The molecule has 0 atom stereocenters. The Kier molecular flexibility index (Phi) is 2.79. The third-order valence-corrected chi connectivity index (χ3v) is 4.21. The maximum atomic E-state index is 4.36. The summed E-state index contributed by atoms with van der Waals surface area (Å²) in [5, 5.41) is 9.90. The standard InChI is InChI=1S/C18H18N4/c1-12(2)15-11-21(3)16-8-7-13(10-14(15)16)18-20-19-17-6-4-5-9-22(17)18/h4-12H,1-3H3. The average molecular weight is 290 g/mol. The van der Waals surface area contributed by atoms with Crippen LogP contribution in [0.1, 0.15) is 25.3 Å². The Bertz CT molecular complexity index is 975. The highest BCUT2D eigenvalue weighted by Crippen LogP contribution is 2.30. The number of fused-ring (bicyclic) bond motifs is 2. The van der Waals surface area contributed by atoms with Crippen molar-refractivity contribution in [2.24, 2.45) is 7.05 Å². The second kappa shape index (κ2) is 4.70. The lowest BCUT2D eigenvalue weighted by atomic mass is 10.0. The molecule has 3 aromatic heterocycles. The molecule has 110 valence electrons. The van der Waals surface area contributed by atoms with Gasteiger partial charge in [-0.2, -0.15) is 0 Å². The summed E-state index contributed by atoms with van der Waals surface area (Å²) in [5.74, 6) is 1.38. The first kappa shape index (κ1) is 13.1. The second-order valence-electron chi connectivity index (χ2n) is 6.03. The number of benzene rings is 1. The fourth-order valence-corrected chi connectivity index (χ4v) is 3.06. The molecule has 0 unspecified atom stereocenters. The molecule has 0 saturated heterocycles. The topological polar surface area (TPSA) is 35.1 Å². The van der Waals surface area contributed by atoms with Crippen molar-refractivity contribution in [2.45, 2.75) is 19.8 Å². The van der Waals surface area contributed by atoms with Gasteiger partial charge in [0.05, 0.1) is 0 Å². The second-order valence-corrected chi connectivity index (χ2v) is 6.03. The molecule has 0 N–H and O–H groups in total. The van der Waals surface area contributed by atoms with E-state index < -0.39 is 0 Å². The molecule has 4 nitrogen and oxygen atoms in total.